The second kappa shape index (κ2) is 16.3. The standard InChI is InChI=1S/C41H43N.C6H7N/c1-3-5-13-27-41(28-14-6-4-2)39-29-33(31-15-9-7-10-16-31)21-25-37(39)38-26-22-34(30-40(38)41)32-19-23-36(24-20-32)42-35-17-11-8-12-18-35;7-6-4-2-1-3-5-6/h7-12,15-26,29-30,42H,3-6,13-14,27-28H2,1-2H3;1-5H,7H2. The average Bonchev–Trinajstić information content (AvgIpc) is 3.42. The van der Waals surface area contributed by atoms with Gasteiger partial charge in [-0.2, -0.15) is 0 Å². The van der Waals surface area contributed by atoms with Crippen molar-refractivity contribution in [3.05, 3.63) is 163 Å². The Morgan fingerprint density at radius 2 is 0.878 bits per heavy atom. The largest absolute Gasteiger partial charge is 0.399 e. The van der Waals surface area contributed by atoms with Gasteiger partial charge >= 0.3 is 0 Å². The molecule has 1 aliphatic rings. The summed E-state index contributed by atoms with van der Waals surface area (Å²) in [6.45, 7) is 4.64. The van der Waals surface area contributed by atoms with E-state index in [1.165, 1.54) is 84.7 Å². The third-order valence-corrected chi connectivity index (χ3v) is 9.96. The van der Waals surface area contributed by atoms with Crippen LogP contribution in [0.2, 0.25) is 0 Å². The zero-order valence-electron chi connectivity index (χ0n) is 29.2. The van der Waals surface area contributed by atoms with Crippen molar-refractivity contribution in [2.24, 2.45) is 0 Å². The molecule has 0 saturated heterocycles. The molecule has 248 valence electrons. The first kappa shape index (κ1) is 33.8. The quantitative estimate of drug-likeness (QED) is 0.103. The number of para-hydroxylation sites is 2. The summed E-state index contributed by atoms with van der Waals surface area (Å²) in [5.41, 5.74) is 19.6. The number of nitrogen functional groups attached to an aromatic ring is 1. The number of nitrogens with two attached hydrogens (primary N) is 1. The van der Waals surface area contributed by atoms with Crippen molar-refractivity contribution >= 4 is 17.1 Å². The number of hydrogen-bond acceptors (Lipinski definition) is 2. The van der Waals surface area contributed by atoms with E-state index in [0.717, 1.165) is 17.1 Å². The Hall–Kier alpha value is -5.08. The van der Waals surface area contributed by atoms with Gasteiger partial charge in [-0.1, -0.05) is 156 Å². The third kappa shape index (κ3) is 7.98. The topological polar surface area (TPSA) is 38.0 Å². The Balaban J connectivity index is 0.000000531. The predicted molar refractivity (Wildman–Crippen MR) is 212 cm³/mol. The second-order valence-corrected chi connectivity index (χ2v) is 13.4. The van der Waals surface area contributed by atoms with Crippen LogP contribution in [0.5, 0.6) is 0 Å². The van der Waals surface area contributed by atoms with Crippen molar-refractivity contribution in [1.29, 1.82) is 0 Å². The molecule has 6 aromatic carbocycles. The Morgan fingerprint density at radius 1 is 0.449 bits per heavy atom. The molecule has 0 bridgehead atoms. The maximum absolute atomic E-state index is 5.36. The minimum Gasteiger partial charge on any atom is -0.399 e. The summed E-state index contributed by atoms with van der Waals surface area (Å²) in [6.07, 6.45) is 10.0. The number of unbranched alkanes of at least 4 members (excludes halogenated alkanes) is 4. The Kier molecular flexibility index (Phi) is 11.3. The summed E-state index contributed by atoms with van der Waals surface area (Å²) in [6, 6.07) is 54.2. The van der Waals surface area contributed by atoms with Crippen LogP contribution in [0.15, 0.2) is 152 Å². The molecular formula is C47H50N2. The Labute approximate surface area is 294 Å². The highest BCUT2D eigenvalue weighted by molar-refractivity contribution is 5.86. The maximum atomic E-state index is 5.36. The molecule has 0 fully saturated rings. The van der Waals surface area contributed by atoms with Crippen molar-refractivity contribution in [2.75, 3.05) is 11.1 Å². The van der Waals surface area contributed by atoms with Crippen molar-refractivity contribution in [1.82, 2.24) is 0 Å². The van der Waals surface area contributed by atoms with Gasteiger partial charge in [-0.05, 0) is 106 Å². The minimum atomic E-state index is 0.0601. The smallest absolute Gasteiger partial charge is 0.0384 e. The van der Waals surface area contributed by atoms with Crippen LogP contribution in [0.1, 0.15) is 76.3 Å². The number of fused-ring (bicyclic) bond motifs is 3. The van der Waals surface area contributed by atoms with Gasteiger partial charge < -0.3 is 11.1 Å². The highest BCUT2D eigenvalue weighted by atomic mass is 14.9. The zero-order chi connectivity index (χ0) is 33.9. The highest BCUT2D eigenvalue weighted by Gasteiger charge is 2.42. The number of hydrogen-bond donors (Lipinski definition) is 2. The van der Waals surface area contributed by atoms with E-state index >= 15 is 0 Å². The Morgan fingerprint density at radius 3 is 1.35 bits per heavy atom. The summed E-state index contributed by atoms with van der Waals surface area (Å²) in [5, 5.41) is 3.53. The molecule has 0 radical (unpaired) electrons. The fourth-order valence-electron chi connectivity index (χ4n) is 7.39. The third-order valence-electron chi connectivity index (χ3n) is 9.96. The molecule has 0 aliphatic heterocycles. The van der Waals surface area contributed by atoms with Crippen LogP contribution in [-0.2, 0) is 5.41 Å². The van der Waals surface area contributed by atoms with Gasteiger partial charge in [0.2, 0.25) is 0 Å². The Bertz CT molecular complexity index is 1880. The number of nitrogens with one attached hydrogen (secondary N) is 1. The van der Waals surface area contributed by atoms with Crippen molar-refractivity contribution < 1.29 is 0 Å². The van der Waals surface area contributed by atoms with Crippen LogP contribution in [0.25, 0.3) is 33.4 Å². The van der Waals surface area contributed by atoms with E-state index in [1.807, 2.05) is 36.4 Å². The molecule has 0 heterocycles. The first-order valence-electron chi connectivity index (χ1n) is 18.2. The number of benzene rings is 6. The monoisotopic (exact) mass is 642 g/mol. The first-order valence-corrected chi connectivity index (χ1v) is 18.2. The van der Waals surface area contributed by atoms with E-state index in [1.54, 1.807) is 11.1 Å². The van der Waals surface area contributed by atoms with Crippen LogP contribution in [0.4, 0.5) is 17.1 Å². The van der Waals surface area contributed by atoms with E-state index in [2.05, 4.69) is 134 Å². The predicted octanol–water partition coefficient (Wildman–Crippen LogP) is 13.5. The highest BCUT2D eigenvalue weighted by Crippen LogP contribution is 2.55. The van der Waals surface area contributed by atoms with Crippen LogP contribution in [0.3, 0.4) is 0 Å². The molecule has 0 saturated carbocycles. The van der Waals surface area contributed by atoms with Gasteiger partial charge in [-0.15, -0.1) is 0 Å². The maximum Gasteiger partial charge on any atom is 0.0384 e. The van der Waals surface area contributed by atoms with E-state index in [-0.39, 0.29) is 5.41 Å². The normalized spacial score (nSPS) is 12.4. The van der Waals surface area contributed by atoms with Crippen LogP contribution in [0, 0.1) is 0 Å². The molecule has 1 aliphatic carbocycles. The average molecular weight is 643 g/mol. The lowest BCUT2D eigenvalue weighted by Crippen LogP contribution is -2.25. The van der Waals surface area contributed by atoms with Crippen LogP contribution < -0.4 is 11.1 Å². The van der Waals surface area contributed by atoms with Gasteiger partial charge in [0.25, 0.3) is 0 Å². The van der Waals surface area contributed by atoms with E-state index < -0.39 is 0 Å². The van der Waals surface area contributed by atoms with Gasteiger partial charge in [0, 0.05) is 22.5 Å². The SMILES string of the molecule is CCCCCC1(CCCCC)c2cc(-c3ccccc3)ccc2-c2ccc(-c3ccc(Nc4ccccc4)cc3)cc21.Nc1ccccc1. The van der Waals surface area contributed by atoms with Gasteiger partial charge in [-0.3, -0.25) is 0 Å². The summed E-state index contributed by atoms with van der Waals surface area (Å²) in [5.74, 6) is 0. The lowest BCUT2D eigenvalue weighted by Gasteiger charge is -2.33. The molecule has 2 nitrogen and oxygen atoms in total. The molecule has 6 aromatic rings. The summed E-state index contributed by atoms with van der Waals surface area (Å²) < 4.78 is 0. The molecule has 0 spiro atoms. The molecule has 0 aromatic heterocycles. The first-order chi connectivity index (χ1) is 24.1. The van der Waals surface area contributed by atoms with Crippen molar-refractivity contribution in [3.63, 3.8) is 0 Å². The molecule has 2 heteroatoms. The summed E-state index contributed by atoms with van der Waals surface area (Å²) in [4.78, 5) is 0. The molecule has 0 amide bonds. The van der Waals surface area contributed by atoms with Crippen molar-refractivity contribution in [3.8, 4) is 33.4 Å². The van der Waals surface area contributed by atoms with E-state index in [0.29, 0.717) is 0 Å². The summed E-state index contributed by atoms with van der Waals surface area (Å²) in [7, 11) is 0. The lowest BCUT2D eigenvalue weighted by molar-refractivity contribution is 0.405. The molecule has 0 unspecified atom stereocenters. The fourth-order valence-corrected chi connectivity index (χ4v) is 7.39. The summed E-state index contributed by atoms with van der Waals surface area (Å²) >= 11 is 0. The van der Waals surface area contributed by atoms with Gasteiger partial charge in [-0.25, -0.2) is 0 Å². The van der Waals surface area contributed by atoms with Crippen molar-refractivity contribution in [2.45, 2.75) is 70.6 Å². The molecule has 7 rings (SSSR count). The van der Waals surface area contributed by atoms with Gasteiger partial charge in [0.1, 0.15) is 0 Å². The van der Waals surface area contributed by atoms with Crippen LogP contribution in [-0.4, -0.2) is 0 Å². The van der Waals surface area contributed by atoms with E-state index in [9.17, 15) is 0 Å². The molecular weight excluding hydrogens is 593 g/mol. The molecule has 49 heavy (non-hydrogen) atoms. The lowest BCUT2D eigenvalue weighted by atomic mass is 9.70. The second-order valence-electron chi connectivity index (χ2n) is 13.4. The number of rotatable bonds is 12. The molecule has 3 N–H and O–H groups in total. The zero-order valence-corrected chi connectivity index (χ0v) is 29.2. The minimum absolute atomic E-state index is 0.0601. The van der Waals surface area contributed by atoms with Gasteiger partial charge in [0.15, 0.2) is 0 Å². The van der Waals surface area contributed by atoms with Gasteiger partial charge in [0.05, 0.1) is 0 Å². The molecule has 0 atom stereocenters. The van der Waals surface area contributed by atoms with E-state index in [4.69, 9.17) is 5.73 Å². The van der Waals surface area contributed by atoms with Crippen LogP contribution >= 0.6 is 0 Å². The fraction of sp³-hybridized carbons (Fsp3) is 0.234. The number of anilines is 3.